The fourth-order valence-electron chi connectivity index (χ4n) is 4.59. The molecule has 150 valence electrons. The molecule has 2 atom stereocenters. The Bertz CT molecular complexity index is 820. The van der Waals surface area contributed by atoms with Gasteiger partial charge in [0.25, 0.3) is 5.91 Å². The second-order valence-corrected chi connectivity index (χ2v) is 8.93. The number of piperidine rings is 1. The van der Waals surface area contributed by atoms with Crippen LogP contribution in [-0.2, 0) is 22.7 Å². The first-order chi connectivity index (χ1) is 13.3. The Balaban J connectivity index is 1.42. The lowest BCUT2D eigenvalue weighted by molar-refractivity contribution is -0.136. The Labute approximate surface area is 165 Å². The second kappa shape index (κ2) is 7.29. The summed E-state index contributed by atoms with van der Waals surface area (Å²) in [5.41, 5.74) is 2.96. The van der Waals surface area contributed by atoms with Crippen molar-refractivity contribution in [2.75, 3.05) is 13.1 Å². The molecule has 0 spiro atoms. The van der Waals surface area contributed by atoms with Crippen molar-refractivity contribution in [1.82, 2.24) is 20.9 Å². The normalized spacial score (nSPS) is 26.5. The molecule has 4 rings (SSSR count). The minimum absolute atomic E-state index is 0.109. The summed E-state index contributed by atoms with van der Waals surface area (Å²) in [5, 5.41) is 9.38. The van der Waals surface area contributed by atoms with E-state index >= 15 is 0 Å². The Kier molecular flexibility index (Phi) is 4.97. The number of nitrogens with one attached hydrogen (secondary N) is 3. The molecule has 1 aromatic carbocycles. The van der Waals surface area contributed by atoms with Crippen molar-refractivity contribution in [2.24, 2.45) is 5.41 Å². The third kappa shape index (κ3) is 3.69. The molecule has 7 heteroatoms. The van der Waals surface area contributed by atoms with Gasteiger partial charge in [-0.05, 0) is 29.4 Å². The van der Waals surface area contributed by atoms with Crippen LogP contribution >= 0.6 is 0 Å². The van der Waals surface area contributed by atoms with Gasteiger partial charge in [-0.3, -0.25) is 19.7 Å². The van der Waals surface area contributed by atoms with Gasteiger partial charge in [0.2, 0.25) is 11.8 Å². The summed E-state index contributed by atoms with van der Waals surface area (Å²) in [7, 11) is 0. The highest BCUT2D eigenvalue weighted by atomic mass is 16.2. The molecule has 0 bridgehead atoms. The van der Waals surface area contributed by atoms with Crippen molar-refractivity contribution >= 4 is 17.7 Å². The number of imide groups is 1. The van der Waals surface area contributed by atoms with E-state index in [2.05, 4.69) is 29.8 Å². The Morgan fingerprint density at radius 1 is 1.25 bits per heavy atom. The van der Waals surface area contributed by atoms with Crippen LogP contribution in [0.2, 0.25) is 0 Å². The lowest BCUT2D eigenvalue weighted by Gasteiger charge is -2.29. The summed E-state index contributed by atoms with van der Waals surface area (Å²) in [5.74, 6) is -0.743. The van der Waals surface area contributed by atoms with Crippen LogP contribution < -0.4 is 16.0 Å². The van der Waals surface area contributed by atoms with Crippen molar-refractivity contribution in [2.45, 2.75) is 58.3 Å². The van der Waals surface area contributed by atoms with Gasteiger partial charge in [-0.1, -0.05) is 32.0 Å². The lowest BCUT2D eigenvalue weighted by atomic mass is 9.90. The van der Waals surface area contributed by atoms with E-state index in [4.69, 9.17) is 0 Å². The summed E-state index contributed by atoms with van der Waals surface area (Å²) >= 11 is 0. The number of hydrogen-bond donors (Lipinski definition) is 3. The van der Waals surface area contributed by atoms with Crippen LogP contribution in [0.3, 0.4) is 0 Å². The van der Waals surface area contributed by atoms with Gasteiger partial charge in [0.1, 0.15) is 6.04 Å². The smallest absolute Gasteiger partial charge is 0.255 e. The maximum Gasteiger partial charge on any atom is 0.255 e. The molecule has 2 saturated heterocycles. The topological polar surface area (TPSA) is 90.5 Å². The first-order valence-corrected chi connectivity index (χ1v) is 10.0. The molecular weight excluding hydrogens is 356 g/mol. The van der Waals surface area contributed by atoms with Gasteiger partial charge in [0.15, 0.2) is 0 Å². The van der Waals surface area contributed by atoms with Gasteiger partial charge in [0.05, 0.1) is 0 Å². The molecule has 0 aliphatic carbocycles. The zero-order chi connectivity index (χ0) is 19.9. The van der Waals surface area contributed by atoms with Crippen LogP contribution in [0.25, 0.3) is 0 Å². The van der Waals surface area contributed by atoms with Gasteiger partial charge >= 0.3 is 0 Å². The molecule has 0 radical (unpaired) electrons. The number of rotatable bonds is 5. The molecule has 2 fully saturated rings. The Morgan fingerprint density at radius 3 is 2.79 bits per heavy atom. The van der Waals surface area contributed by atoms with Crippen molar-refractivity contribution in [3.63, 3.8) is 0 Å². The molecule has 28 heavy (non-hydrogen) atoms. The molecule has 3 aliphatic heterocycles. The third-order valence-electron chi connectivity index (χ3n) is 6.01. The molecule has 3 amide bonds. The van der Waals surface area contributed by atoms with Crippen molar-refractivity contribution in [3.05, 3.63) is 34.9 Å². The van der Waals surface area contributed by atoms with Crippen molar-refractivity contribution < 1.29 is 14.4 Å². The van der Waals surface area contributed by atoms with E-state index in [9.17, 15) is 14.4 Å². The minimum Gasteiger partial charge on any atom is -0.322 e. The number of amides is 3. The molecule has 0 saturated carbocycles. The molecule has 1 aromatic rings. The van der Waals surface area contributed by atoms with E-state index in [1.54, 1.807) is 4.90 Å². The average Bonchev–Trinajstić information content (AvgIpc) is 3.15. The standard InChI is InChI=1S/C21H28N4O3/c1-21(2)8-15(23-12-21)10-22-9-13-4-3-5-14-11-25(20(28)18(13)14)16-6-7-17(26)24-19(16)27/h3-5,15-16,22-23H,6-12H2,1-2H3,(H,24,26,27). The molecule has 0 aromatic heterocycles. The van der Waals surface area contributed by atoms with Crippen LogP contribution in [0.15, 0.2) is 18.2 Å². The fraction of sp³-hybridized carbons (Fsp3) is 0.571. The molecule has 7 nitrogen and oxygen atoms in total. The minimum atomic E-state index is -0.566. The van der Waals surface area contributed by atoms with E-state index in [-0.39, 0.29) is 24.1 Å². The number of hydrogen-bond acceptors (Lipinski definition) is 5. The Hall–Kier alpha value is -2.25. The van der Waals surface area contributed by atoms with Gasteiger partial charge < -0.3 is 15.5 Å². The number of nitrogens with zero attached hydrogens (tertiary/aromatic N) is 1. The SMILES string of the molecule is CC1(C)CNC(CNCc2cccc3c2C(=O)N(C2CCC(=O)NC2=O)C3)C1. The molecule has 3 N–H and O–H groups in total. The highest BCUT2D eigenvalue weighted by Gasteiger charge is 2.40. The number of carbonyl (C=O) groups excluding carboxylic acids is 3. The summed E-state index contributed by atoms with van der Waals surface area (Å²) in [6.07, 6.45) is 1.80. The predicted molar refractivity (Wildman–Crippen MR) is 104 cm³/mol. The molecule has 3 aliphatic rings. The summed E-state index contributed by atoms with van der Waals surface area (Å²) < 4.78 is 0. The molecule has 3 heterocycles. The number of fused-ring (bicyclic) bond motifs is 1. The summed E-state index contributed by atoms with van der Waals surface area (Å²) in [6, 6.07) is 5.77. The Morgan fingerprint density at radius 2 is 2.07 bits per heavy atom. The van der Waals surface area contributed by atoms with Crippen LogP contribution in [0.5, 0.6) is 0 Å². The third-order valence-corrected chi connectivity index (χ3v) is 6.01. The second-order valence-electron chi connectivity index (χ2n) is 8.93. The van der Waals surface area contributed by atoms with Crippen molar-refractivity contribution in [1.29, 1.82) is 0 Å². The monoisotopic (exact) mass is 384 g/mol. The maximum absolute atomic E-state index is 13.1. The van der Waals surface area contributed by atoms with Gasteiger partial charge in [-0.15, -0.1) is 0 Å². The highest BCUT2D eigenvalue weighted by Crippen LogP contribution is 2.30. The number of carbonyl (C=O) groups is 3. The zero-order valence-corrected chi connectivity index (χ0v) is 16.5. The zero-order valence-electron chi connectivity index (χ0n) is 16.5. The van der Waals surface area contributed by atoms with E-state index < -0.39 is 6.04 Å². The van der Waals surface area contributed by atoms with Gasteiger partial charge in [0, 0.05) is 44.2 Å². The number of benzene rings is 1. The van der Waals surface area contributed by atoms with E-state index in [1.807, 2.05) is 18.2 Å². The van der Waals surface area contributed by atoms with Crippen LogP contribution in [0.1, 0.15) is 54.6 Å². The van der Waals surface area contributed by atoms with E-state index in [0.717, 1.165) is 30.6 Å². The first-order valence-electron chi connectivity index (χ1n) is 10.0. The quantitative estimate of drug-likeness (QED) is 0.657. The van der Waals surface area contributed by atoms with E-state index in [0.29, 0.717) is 36.5 Å². The van der Waals surface area contributed by atoms with Crippen LogP contribution in [-0.4, -0.2) is 47.8 Å². The first kappa shape index (κ1) is 19.1. The average molecular weight is 384 g/mol. The van der Waals surface area contributed by atoms with Crippen LogP contribution in [0, 0.1) is 5.41 Å². The highest BCUT2D eigenvalue weighted by molar-refractivity contribution is 6.05. The van der Waals surface area contributed by atoms with Gasteiger partial charge in [-0.25, -0.2) is 0 Å². The maximum atomic E-state index is 13.1. The fourth-order valence-corrected chi connectivity index (χ4v) is 4.59. The van der Waals surface area contributed by atoms with E-state index in [1.165, 1.54) is 0 Å². The van der Waals surface area contributed by atoms with Crippen molar-refractivity contribution in [3.8, 4) is 0 Å². The molecular formula is C21H28N4O3. The van der Waals surface area contributed by atoms with Crippen LogP contribution in [0.4, 0.5) is 0 Å². The largest absolute Gasteiger partial charge is 0.322 e. The summed E-state index contributed by atoms with van der Waals surface area (Å²) in [4.78, 5) is 38.3. The van der Waals surface area contributed by atoms with Gasteiger partial charge in [-0.2, -0.15) is 0 Å². The lowest BCUT2D eigenvalue weighted by Crippen LogP contribution is -2.52. The summed E-state index contributed by atoms with van der Waals surface area (Å²) in [6.45, 7) is 7.47. The predicted octanol–water partition coefficient (Wildman–Crippen LogP) is 0.925. The molecule has 2 unspecified atom stereocenters.